The minimum Gasteiger partial charge on any atom is -0.368 e. The van der Waals surface area contributed by atoms with E-state index in [1.807, 2.05) is 18.2 Å². The van der Waals surface area contributed by atoms with E-state index in [9.17, 15) is 4.79 Å². The van der Waals surface area contributed by atoms with Gasteiger partial charge in [0.1, 0.15) is 0 Å². The van der Waals surface area contributed by atoms with E-state index in [0.29, 0.717) is 16.0 Å². The summed E-state index contributed by atoms with van der Waals surface area (Å²) in [6, 6.07) is 14.6. The summed E-state index contributed by atoms with van der Waals surface area (Å²) in [4.78, 5) is 20.8. The van der Waals surface area contributed by atoms with Crippen LogP contribution in [-0.2, 0) is 11.2 Å². The van der Waals surface area contributed by atoms with Gasteiger partial charge in [0.2, 0.25) is 5.91 Å². The van der Waals surface area contributed by atoms with Crippen molar-refractivity contribution < 1.29 is 4.79 Å². The monoisotopic (exact) mass is 485 g/mol. The molecule has 2 aromatic carbocycles. The van der Waals surface area contributed by atoms with Crippen LogP contribution in [0.5, 0.6) is 0 Å². The highest BCUT2D eigenvalue weighted by molar-refractivity contribution is 6.43. The third-order valence-electron chi connectivity index (χ3n) is 7.67. The van der Waals surface area contributed by atoms with Gasteiger partial charge in [-0.05, 0) is 49.4 Å². The lowest BCUT2D eigenvalue weighted by atomic mass is 9.86. The number of anilines is 2. The van der Waals surface area contributed by atoms with E-state index in [-0.39, 0.29) is 12.0 Å². The van der Waals surface area contributed by atoms with Gasteiger partial charge >= 0.3 is 0 Å². The van der Waals surface area contributed by atoms with Crippen molar-refractivity contribution in [3.05, 3.63) is 58.1 Å². The van der Waals surface area contributed by atoms with Crippen LogP contribution in [-0.4, -0.2) is 49.6 Å². The average molecular weight is 486 g/mol. The Kier molecular flexibility index (Phi) is 7.15. The Labute approximate surface area is 207 Å². The number of para-hydroxylation sites is 1. The predicted octanol–water partition coefficient (Wildman–Crippen LogP) is 6.04. The summed E-state index contributed by atoms with van der Waals surface area (Å²) in [6.07, 6.45) is 7.82. The Balaban J connectivity index is 1.29. The first-order valence-electron chi connectivity index (χ1n) is 12.4. The van der Waals surface area contributed by atoms with Crippen molar-refractivity contribution in [3.8, 4) is 0 Å². The van der Waals surface area contributed by atoms with Gasteiger partial charge in [0.05, 0.1) is 15.7 Å². The second-order valence-corrected chi connectivity index (χ2v) is 10.5. The Morgan fingerprint density at radius 1 is 0.848 bits per heavy atom. The zero-order valence-electron chi connectivity index (χ0n) is 19.2. The summed E-state index contributed by atoms with van der Waals surface area (Å²) in [6.45, 7) is 4.70. The molecule has 2 heterocycles. The molecule has 2 aliphatic heterocycles. The molecule has 1 atom stereocenters. The van der Waals surface area contributed by atoms with Crippen molar-refractivity contribution in [1.82, 2.24) is 4.90 Å². The molecule has 33 heavy (non-hydrogen) atoms. The second-order valence-electron chi connectivity index (χ2n) is 9.72. The maximum absolute atomic E-state index is 13.7. The Morgan fingerprint density at radius 3 is 2.36 bits per heavy atom. The molecule has 3 aliphatic rings. The number of fused-ring (bicyclic) bond motifs is 1. The van der Waals surface area contributed by atoms with Crippen LogP contribution < -0.4 is 9.80 Å². The van der Waals surface area contributed by atoms with Crippen LogP contribution in [0.3, 0.4) is 0 Å². The number of carbonyl (C=O) groups excluding carboxylic acids is 1. The van der Waals surface area contributed by atoms with Crippen LogP contribution >= 0.6 is 23.2 Å². The molecule has 0 spiro atoms. The quantitative estimate of drug-likeness (QED) is 0.527. The van der Waals surface area contributed by atoms with Gasteiger partial charge in [-0.15, -0.1) is 0 Å². The number of hydrogen-bond donors (Lipinski definition) is 0. The van der Waals surface area contributed by atoms with Crippen molar-refractivity contribution in [2.24, 2.45) is 5.92 Å². The van der Waals surface area contributed by atoms with Gasteiger partial charge in [0.15, 0.2) is 0 Å². The van der Waals surface area contributed by atoms with Crippen LogP contribution in [0, 0.1) is 5.92 Å². The maximum atomic E-state index is 13.7. The Bertz CT molecular complexity index is 983. The first kappa shape index (κ1) is 23.0. The number of aryl methyl sites for hydroxylation is 1. The predicted molar refractivity (Wildman–Crippen MR) is 138 cm³/mol. The molecular formula is C27H33Cl2N3O. The van der Waals surface area contributed by atoms with Crippen LogP contribution in [0.25, 0.3) is 0 Å². The molecule has 1 aliphatic carbocycles. The van der Waals surface area contributed by atoms with Crippen molar-refractivity contribution in [2.45, 2.75) is 51.0 Å². The average Bonchev–Trinajstić information content (AvgIpc) is 2.86. The molecule has 0 N–H and O–H groups in total. The second kappa shape index (κ2) is 10.2. The van der Waals surface area contributed by atoms with Crippen LogP contribution in [0.2, 0.25) is 10.0 Å². The normalized spacial score (nSPS) is 22.3. The zero-order valence-corrected chi connectivity index (χ0v) is 20.7. The van der Waals surface area contributed by atoms with E-state index in [1.54, 1.807) is 0 Å². The molecule has 0 aromatic heterocycles. The van der Waals surface area contributed by atoms with Gasteiger partial charge in [-0.25, -0.2) is 0 Å². The third kappa shape index (κ3) is 4.89. The first-order valence-corrected chi connectivity index (χ1v) is 13.2. The molecule has 1 saturated carbocycles. The fraction of sp³-hybridized carbons (Fsp3) is 0.519. The molecule has 0 radical (unpaired) electrons. The van der Waals surface area contributed by atoms with Crippen LogP contribution in [0.4, 0.5) is 11.4 Å². The summed E-state index contributed by atoms with van der Waals surface area (Å²) in [5.74, 6) is 0.547. The molecule has 2 fully saturated rings. The zero-order chi connectivity index (χ0) is 22.8. The third-order valence-corrected chi connectivity index (χ3v) is 8.48. The lowest BCUT2D eigenvalue weighted by molar-refractivity contribution is -0.124. The summed E-state index contributed by atoms with van der Waals surface area (Å²) in [5.41, 5.74) is 3.48. The SMILES string of the molecule is O=C(C1CCCCC1)N1c2ccccc2CCC1CN1CCN(c2cccc(Cl)c2Cl)CC1. The number of halogens is 2. The lowest BCUT2D eigenvalue weighted by Gasteiger charge is -2.44. The Hall–Kier alpha value is -1.75. The summed E-state index contributed by atoms with van der Waals surface area (Å²) in [7, 11) is 0. The van der Waals surface area contributed by atoms with Gasteiger partial charge in [0, 0.05) is 50.4 Å². The van der Waals surface area contributed by atoms with Gasteiger partial charge in [-0.1, -0.05) is 66.7 Å². The fourth-order valence-corrected chi connectivity index (χ4v) is 6.24. The van der Waals surface area contributed by atoms with Crippen molar-refractivity contribution in [2.75, 3.05) is 42.5 Å². The number of benzene rings is 2. The molecule has 4 nitrogen and oxygen atoms in total. The summed E-state index contributed by atoms with van der Waals surface area (Å²) >= 11 is 12.7. The molecular weight excluding hydrogens is 453 g/mol. The fourth-order valence-electron chi connectivity index (χ4n) is 5.83. The van der Waals surface area contributed by atoms with Gasteiger partial charge in [-0.3, -0.25) is 9.69 Å². The molecule has 0 bridgehead atoms. The number of nitrogens with zero attached hydrogens (tertiary/aromatic N) is 3. The Morgan fingerprint density at radius 2 is 1.58 bits per heavy atom. The number of hydrogen-bond acceptors (Lipinski definition) is 3. The molecule has 1 saturated heterocycles. The van der Waals surface area contributed by atoms with Crippen molar-refractivity contribution in [1.29, 1.82) is 0 Å². The number of amides is 1. The van der Waals surface area contributed by atoms with Crippen molar-refractivity contribution >= 4 is 40.5 Å². The standard InChI is InChI=1S/C27H33Cl2N3O/c28-23-10-6-12-25(26(23)29)31-17-15-30(16-18-31)19-22-14-13-20-7-4-5-11-24(20)32(22)27(33)21-8-2-1-3-9-21/h4-7,10-12,21-22H,1-3,8-9,13-19H2. The van der Waals surface area contributed by atoms with E-state index in [2.05, 4.69) is 39.0 Å². The largest absolute Gasteiger partial charge is 0.368 e. The van der Waals surface area contributed by atoms with Gasteiger partial charge in [-0.2, -0.15) is 0 Å². The highest BCUT2D eigenvalue weighted by atomic mass is 35.5. The number of rotatable bonds is 4. The minimum atomic E-state index is 0.189. The van der Waals surface area contributed by atoms with E-state index >= 15 is 0 Å². The molecule has 176 valence electrons. The van der Waals surface area contributed by atoms with E-state index in [1.165, 1.54) is 24.8 Å². The smallest absolute Gasteiger partial charge is 0.230 e. The highest BCUT2D eigenvalue weighted by Gasteiger charge is 2.36. The number of carbonyl (C=O) groups is 1. The van der Waals surface area contributed by atoms with Gasteiger partial charge < -0.3 is 9.80 Å². The molecule has 6 heteroatoms. The molecule has 5 rings (SSSR count). The molecule has 2 aromatic rings. The lowest BCUT2D eigenvalue weighted by Crippen LogP contribution is -2.55. The van der Waals surface area contributed by atoms with Crippen LogP contribution in [0.1, 0.15) is 44.1 Å². The first-order chi connectivity index (χ1) is 16.1. The summed E-state index contributed by atoms with van der Waals surface area (Å²) < 4.78 is 0. The topological polar surface area (TPSA) is 26.8 Å². The molecule has 1 unspecified atom stereocenters. The highest BCUT2D eigenvalue weighted by Crippen LogP contribution is 2.36. The van der Waals surface area contributed by atoms with Gasteiger partial charge in [0.25, 0.3) is 0 Å². The van der Waals surface area contributed by atoms with Crippen molar-refractivity contribution in [3.63, 3.8) is 0 Å². The minimum absolute atomic E-state index is 0.189. The summed E-state index contributed by atoms with van der Waals surface area (Å²) in [5, 5.41) is 1.25. The number of piperazine rings is 1. The van der Waals surface area contributed by atoms with E-state index in [0.717, 1.165) is 69.8 Å². The molecule has 1 amide bonds. The van der Waals surface area contributed by atoms with E-state index in [4.69, 9.17) is 23.2 Å². The van der Waals surface area contributed by atoms with E-state index < -0.39 is 0 Å². The van der Waals surface area contributed by atoms with Crippen LogP contribution in [0.15, 0.2) is 42.5 Å². The maximum Gasteiger partial charge on any atom is 0.230 e.